The maximum atomic E-state index is 11.2. The summed E-state index contributed by atoms with van der Waals surface area (Å²) >= 11 is 0. The number of benzene rings is 1. The molecule has 3 N–H and O–H groups in total. The van der Waals surface area contributed by atoms with Crippen LogP contribution in [0.25, 0.3) is 0 Å². The Morgan fingerprint density at radius 3 is 2.17 bits per heavy atom. The van der Waals surface area contributed by atoms with E-state index in [-0.39, 0.29) is 6.04 Å². The van der Waals surface area contributed by atoms with Crippen LogP contribution in [0.4, 0.5) is 5.69 Å². The number of rotatable bonds is 3. The van der Waals surface area contributed by atoms with Gasteiger partial charge < -0.3 is 5.73 Å². The highest BCUT2D eigenvalue weighted by molar-refractivity contribution is 7.88. The Kier molecular flexibility index (Phi) is 3.92. The largest absolute Gasteiger partial charge is 0.399 e. The quantitative estimate of drug-likeness (QED) is 0.822. The van der Waals surface area contributed by atoms with Crippen LogP contribution in [0, 0.1) is 0 Å². The van der Waals surface area contributed by atoms with Crippen molar-refractivity contribution in [3.05, 3.63) is 29.8 Å². The number of nitrogen functional groups attached to an aromatic ring is 1. The highest BCUT2D eigenvalue weighted by Gasteiger charge is 2.23. The summed E-state index contributed by atoms with van der Waals surface area (Å²) in [6, 6.07) is 8.10. The van der Waals surface area contributed by atoms with Crippen LogP contribution in [0.2, 0.25) is 0 Å². The lowest BCUT2D eigenvalue weighted by atomic mass is 9.82. The van der Waals surface area contributed by atoms with Gasteiger partial charge in [0.25, 0.3) is 0 Å². The average Bonchev–Trinajstić information content (AvgIpc) is 2.29. The Morgan fingerprint density at radius 1 is 1.11 bits per heavy atom. The van der Waals surface area contributed by atoms with E-state index in [1.165, 1.54) is 11.8 Å². The molecule has 0 spiro atoms. The summed E-state index contributed by atoms with van der Waals surface area (Å²) < 4.78 is 25.0. The maximum absolute atomic E-state index is 11.2. The van der Waals surface area contributed by atoms with Crippen molar-refractivity contribution in [2.45, 2.75) is 37.6 Å². The van der Waals surface area contributed by atoms with Crippen molar-refractivity contribution in [1.82, 2.24) is 4.72 Å². The van der Waals surface area contributed by atoms with E-state index in [4.69, 9.17) is 5.73 Å². The van der Waals surface area contributed by atoms with Gasteiger partial charge in [-0.3, -0.25) is 0 Å². The third kappa shape index (κ3) is 3.71. The number of hydrogen-bond donors (Lipinski definition) is 2. The molecule has 4 nitrogen and oxygen atoms in total. The number of sulfonamides is 1. The SMILES string of the molecule is CS(=O)(=O)NC1CCC(c2ccc(N)cc2)CC1. The zero-order chi connectivity index (χ0) is 13.2. The molecule has 100 valence electrons. The fourth-order valence-electron chi connectivity index (χ4n) is 2.62. The molecule has 1 aliphatic rings. The molecule has 2 rings (SSSR count). The molecule has 0 unspecified atom stereocenters. The van der Waals surface area contributed by atoms with Crippen molar-refractivity contribution >= 4 is 15.7 Å². The van der Waals surface area contributed by atoms with Crippen molar-refractivity contribution in [2.75, 3.05) is 12.0 Å². The molecular formula is C13H20N2O2S. The van der Waals surface area contributed by atoms with Gasteiger partial charge >= 0.3 is 0 Å². The van der Waals surface area contributed by atoms with Gasteiger partial charge in [0.05, 0.1) is 6.26 Å². The molecular weight excluding hydrogens is 248 g/mol. The van der Waals surface area contributed by atoms with Crippen LogP contribution in [0.15, 0.2) is 24.3 Å². The summed E-state index contributed by atoms with van der Waals surface area (Å²) in [6.07, 6.45) is 5.08. The standard InChI is InChI=1S/C13H20N2O2S/c1-18(16,17)15-13-8-4-11(5-9-13)10-2-6-12(14)7-3-10/h2-3,6-7,11,13,15H,4-5,8-9,14H2,1H3. The van der Waals surface area contributed by atoms with Crippen molar-refractivity contribution in [1.29, 1.82) is 0 Å². The lowest BCUT2D eigenvalue weighted by Gasteiger charge is -2.28. The Balaban J connectivity index is 1.92. The second-order valence-electron chi connectivity index (χ2n) is 5.11. The van der Waals surface area contributed by atoms with Gasteiger partial charge in [-0.05, 0) is 49.3 Å². The lowest BCUT2D eigenvalue weighted by Crippen LogP contribution is -2.36. The first-order valence-corrected chi connectivity index (χ1v) is 8.16. The van der Waals surface area contributed by atoms with Crippen molar-refractivity contribution in [3.63, 3.8) is 0 Å². The molecule has 0 atom stereocenters. The van der Waals surface area contributed by atoms with Crippen LogP contribution >= 0.6 is 0 Å². The van der Waals surface area contributed by atoms with Crippen LogP contribution in [0.3, 0.4) is 0 Å². The first-order valence-electron chi connectivity index (χ1n) is 6.27. The molecule has 1 saturated carbocycles. The molecule has 0 saturated heterocycles. The molecule has 1 aromatic rings. The van der Waals surface area contributed by atoms with Gasteiger partial charge in [0.1, 0.15) is 0 Å². The van der Waals surface area contributed by atoms with Gasteiger partial charge in [0, 0.05) is 11.7 Å². The molecule has 5 heteroatoms. The number of hydrogen-bond acceptors (Lipinski definition) is 3. The van der Waals surface area contributed by atoms with Gasteiger partial charge in [-0.2, -0.15) is 0 Å². The second-order valence-corrected chi connectivity index (χ2v) is 6.89. The third-order valence-corrected chi connectivity index (χ3v) is 4.28. The lowest BCUT2D eigenvalue weighted by molar-refractivity contribution is 0.374. The van der Waals surface area contributed by atoms with Crippen LogP contribution in [-0.4, -0.2) is 20.7 Å². The van der Waals surface area contributed by atoms with E-state index in [0.717, 1.165) is 31.4 Å². The molecule has 0 radical (unpaired) electrons. The minimum atomic E-state index is -3.08. The molecule has 0 bridgehead atoms. The molecule has 1 fully saturated rings. The van der Waals surface area contributed by atoms with Crippen molar-refractivity contribution in [3.8, 4) is 0 Å². The van der Waals surface area contributed by atoms with Crippen LogP contribution < -0.4 is 10.5 Å². The first-order chi connectivity index (χ1) is 8.44. The second kappa shape index (κ2) is 5.28. The zero-order valence-electron chi connectivity index (χ0n) is 10.6. The van der Waals surface area contributed by atoms with Crippen molar-refractivity contribution in [2.24, 2.45) is 0 Å². The van der Waals surface area contributed by atoms with Crippen LogP contribution in [0.1, 0.15) is 37.2 Å². The van der Waals surface area contributed by atoms with Crippen LogP contribution in [0.5, 0.6) is 0 Å². The maximum Gasteiger partial charge on any atom is 0.208 e. The van der Waals surface area contributed by atoms with E-state index in [1.54, 1.807) is 0 Å². The summed E-state index contributed by atoms with van der Waals surface area (Å²) in [5, 5.41) is 0. The van der Waals surface area contributed by atoms with E-state index in [1.807, 2.05) is 12.1 Å². The van der Waals surface area contributed by atoms with E-state index in [9.17, 15) is 8.42 Å². The molecule has 1 aromatic carbocycles. The Bertz CT molecular complexity index is 488. The average molecular weight is 268 g/mol. The Morgan fingerprint density at radius 2 is 1.67 bits per heavy atom. The van der Waals surface area contributed by atoms with Gasteiger partial charge in [-0.1, -0.05) is 12.1 Å². The highest BCUT2D eigenvalue weighted by atomic mass is 32.2. The summed E-state index contributed by atoms with van der Waals surface area (Å²) in [5.74, 6) is 0.531. The summed E-state index contributed by atoms with van der Waals surface area (Å²) in [7, 11) is -3.08. The smallest absolute Gasteiger partial charge is 0.208 e. The van der Waals surface area contributed by atoms with E-state index >= 15 is 0 Å². The number of anilines is 1. The zero-order valence-corrected chi connectivity index (χ0v) is 11.4. The summed E-state index contributed by atoms with van der Waals surface area (Å²) in [6.45, 7) is 0. The normalized spacial score (nSPS) is 24.9. The Hall–Kier alpha value is -1.07. The fourth-order valence-corrected chi connectivity index (χ4v) is 3.46. The molecule has 18 heavy (non-hydrogen) atoms. The topological polar surface area (TPSA) is 72.2 Å². The summed E-state index contributed by atoms with van der Waals surface area (Å²) in [4.78, 5) is 0. The monoisotopic (exact) mass is 268 g/mol. The third-order valence-electron chi connectivity index (χ3n) is 3.52. The Labute approximate surface area is 109 Å². The van der Waals surface area contributed by atoms with E-state index in [2.05, 4.69) is 16.9 Å². The molecule has 0 aromatic heterocycles. The van der Waals surface area contributed by atoms with Crippen LogP contribution in [-0.2, 0) is 10.0 Å². The molecule has 0 amide bonds. The predicted octanol–water partition coefficient (Wildman–Crippen LogP) is 1.84. The highest BCUT2D eigenvalue weighted by Crippen LogP contribution is 2.33. The fraction of sp³-hybridized carbons (Fsp3) is 0.538. The minimum Gasteiger partial charge on any atom is -0.399 e. The number of nitrogens with two attached hydrogens (primary N) is 1. The van der Waals surface area contributed by atoms with Gasteiger partial charge in [0.2, 0.25) is 10.0 Å². The van der Waals surface area contributed by atoms with E-state index < -0.39 is 10.0 Å². The molecule has 0 aliphatic heterocycles. The van der Waals surface area contributed by atoms with Gasteiger partial charge in [0.15, 0.2) is 0 Å². The molecule has 0 heterocycles. The minimum absolute atomic E-state index is 0.102. The molecule has 1 aliphatic carbocycles. The van der Waals surface area contributed by atoms with Crippen molar-refractivity contribution < 1.29 is 8.42 Å². The van der Waals surface area contributed by atoms with E-state index in [0.29, 0.717) is 5.92 Å². The number of nitrogens with one attached hydrogen (secondary N) is 1. The first kappa shape index (κ1) is 13.4. The predicted molar refractivity (Wildman–Crippen MR) is 73.8 cm³/mol. The van der Waals surface area contributed by atoms with Gasteiger partial charge in [-0.25, -0.2) is 13.1 Å². The van der Waals surface area contributed by atoms with Gasteiger partial charge in [-0.15, -0.1) is 0 Å². The summed E-state index contributed by atoms with van der Waals surface area (Å²) in [5.41, 5.74) is 7.76.